The van der Waals surface area contributed by atoms with Crippen LogP contribution in [0.3, 0.4) is 0 Å². The number of carbonyl (C=O) groups excluding carboxylic acids is 2. The summed E-state index contributed by atoms with van der Waals surface area (Å²) in [5, 5.41) is 2.60. The number of carbonyl (C=O) groups is 2. The highest BCUT2D eigenvalue weighted by molar-refractivity contribution is 9.10. The SMILES string of the molecule is CCOC(=O)c1sc2ccc(S(=O)(=O)N(C)c3ccccc3N3CCN(C(=O)c4sccc4Br)CC3)cc2c1C. The van der Waals surface area contributed by atoms with Crippen LogP contribution in [0.1, 0.15) is 31.8 Å². The molecule has 40 heavy (non-hydrogen) atoms. The summed E-state index contributed by atoms with van der Waals surface area (Å²) in [4.78, 5) is 30.6. The van der Waals surface area contributed by atoms with Crippen LogP contribution < -0.4 is 9.21 Å². The predicted octanol–water partition coefficient (Wildman–Crippen LogP) is 6.00. The second kappa shape index (κ2) is 11.5. The maximum absolute atomic E-state index is 13.8. The second-order valence-electron chi connectivity index (χ2n) is 9.27. The van der Waals surface area contributed by atoms with Gasteiger partial charge >= 0.3 is 5.97 Å². The van der Waals surface area contributed by atoms with Crippen LogP contribution in [0.2, 0.25) is 0 Å². The Labute approximate surface area is 249 Å². The monoisotopic (exact) mass is 661 g/mol. The molecule has 0 unspecified atom stereocenters. The van der Waals surface area contributed by atoms with Crippen LogP contribution in [0.4, 0.5) is 11.4 Å². The molecule has 0 atom stereocenters. The molecule has 0 aliphatic carbocycles. The lowest BCUT2D eigenvalue weighted by Gasteiger charge is -2.37. The van der Waals surface area contributed by atoms with E-state index >= 15 is 0 Å². The molecule has 3 heterocycles. The Hall–Kier alpha value is -2.93. The predicted molar refractivity (Wildman–Crippen MR) is 165 cm³/mol. The number of hydrogen-bond acceptors (Lipinski definition) is 8. The number of amides is 1. The number of benzene rings is 2. The van der Waals surface area contributed by atoms with Gasteiger partial charge in [0, 0.05) is 42.4 Å². The zero-order valence-corrected chi connectivity index (χ0v) is 26.3. The van der Waals surface area contributed by atoms with Gasteiger partial charge in [0.15, 0.2) is 0 Å². The maximum Gasteiger partial charge on any atom is 0.348 e. The van der Waals surface area contributed by atoms with E-state index in [9.17, 15) is 18.0 Å². The maximum atomic E-state index is 13.8. The fourth-order valence-corrected chi connectivity index (χ4v) is 8.61. The summed E-state index contributed by atoms with van der Waals surface area (Å²) in [6.45, 7) is 6.06. The third-order valence-electron chi connectivity index (χ3n) is 6.97. The Balaban J connectivity index is 1.39. The molecule has 1 aliphatic heterocycles. The molecule has 0 spiro atoms. The average Bonchev–Trinajstić information content (AvgIpc) is 3.54. The van der Waals surface area contributed by atoms with Crippen molar-refractivity contribution in [2.45, 2.75) is 18.7 Å². The lowest BCUT2D eigenvalue weighted by molar-refractivity contribution is 0.0531. The lowest BCUT2D eigenvalue weighted by atomic mass is 10.1. The summed E-state index contributed by atoms with van der Waals surface area (Å²) >= 11 is 6.16. The minimum Gasteiger partial charge on any atom is -0.462 e. The average molecular weight is 663 g/mol. The van der Waals surface area contributed by atoms with E-state index in [0.717, 1.165) is 14.9 Å². The molecule has 0 saturated carbocycles. The van der Waals surface area contributed by atoms with Crippen molar-refractivity contribution in [1.29, 1.82) is 0 Å². The number of piperazine rings is 1. The molecule has 1 fully saturated rings. The highest BCUT2D eigenvalue weighted by Gasteiger charge is 2.29. The molecule has 1 aliphatic rings. The van der Waals surface area contributed by atoms with Gasteiger partial charge in [-0.2, -0.15) is 0 Å². The van der Waals surface area contributed by atoms with Crippen molar-refractivity contribution in [1.82, 2.24) is 4.90 Å². The summed E-state index contributed by atoms with van der Waals surface area (Å²) < 4.78 is 35.8. The Morgan fingerprint density at radius 3 is 2.45 bits per heavy atom. The highest BCUT2D eigenvalue weighted by atomic mass is 79.9. The van der Waals surface area contributed by atoms with Crippen molar-refractivity contribution >= 4 is 82.0 Å². The van der Waals surface area contributed by atoms with E-state index in [0.29, 0.717) is 52.6 Å². The normalized spacial score (nSPS) is 14.0. The van der Waals surface area contributed by atoms with Gasteiger partial charge in [-0.25, -0.2) is 13.2 Å². The summed E-state index contributed by atoms with van der Waals surface area (Å²) in [5.41, 5.74) is 2.05. The van der Waals surface area contributed by atoms with Gasteiger partial charge in [0.1, 0.15) is 9.75 Å². The molecule has 1 saturated heterocycles. The summed E-state index contributed by atoms with van der Waals surface area (Å²) in [6, 6.07) is 14.2. The number of ether oxygens (including phenoxy) is 1. The van der Waals surface area contributed by atoms with Gasteiger partial charge in [-0.15, -0.1) is 22.7 Å². The third kappa shape index (κ3) is 5.25. The number of halogens is 1. The molecule has 0 bridgehead atoms. The summed E-state index contributed by atoms with van der Waals surface area (Å²) in [5.74, 6) is -0.402. The molecule has 8 nitrogen and oxygen atoms in total. The quantitative estimate of drug-likeness (QED) is 0.226. The van der Waals surface area contributed by atoms with E-state index in [1.165, 1.54) is 27.0 Å². The largest absolute Gasteiger partial charge is 0.462 e. The number of thiophene rings is 2. The Morgan fingerprint density at radius 2 is 1.77 bits per heavy atom. The van der Waals surface area contributed by atoms with Gasteiger partial charge in [-0.1, -0.05) is 12.1 Å². The van der Waals surface area contributed by atoms with Crippen LogP contribution in [-0.2, 0) is 14.8 Å². The van der Waals surface area contributed by atoms with Gasteiger partial charge in [-0.05, 0) is 82.5 Å². The number of fused-ring (bicyclic) bond motifs is 1. The summed E-state index contributed by atoms with van der Waals surface area (Å²) in [6.07, 6.45) is 0. The first-order valence-corrected chi connectivity index (χ1v) is 16.6. The minimum absolute atomic E-state index is 0.000244. The molecule has 0 radical (unpaired) electrons. The van der Waals surface area contributed by atoms with E-state index in [-0.39, 0.29) is 17.4 Å². The highest BCUT2D eigenvalue weighted by Crippen LogP contribution is 2.36. The molecule has 0 N–H and O–H groups in total. The molecule has 210 valence electrons. The van der Waals surface area contributed by atoms with Crippen LogP contribution >= 0.6 is 38.6 Å². The zero-order valence-electron chi connectivity index (χ0n) is 22.2. The number of esters is 1. The van der Waals surface area contributed by atoms with Crippen LogP contribution in [-0.4, -0.2) is 65.0 Å². The van der Waals surface area contributed by atoms with E-state index in [2.05, 4.69) is 20.8 Å². The van der Waals surface area contributed by atoms with Gasteiger partial charge < -0.3 is 14.5 Å². The molecule has 4 aromatic rings. The van der Waals surface area contributed by atoms with Crippen LogP contribution in [0.25, 0.3) is 10.1 Å². The van der Waals surface area contributed by atoms with Crippen molar-refractivity contribution in [3.8, 4) is 0 Å². The van der Waals surface area contributed by atoms with Crippen molar-refractivity contribution in [3.63, 3.8) is 0 Å². The smallest absolute Gasteiger partial charge is 0.348 e. The first kappa shape index (κ1) is 28.6. The molecule has 12 heteroatoms. The van der Waals surface area contributed by atoms with E-state index < -0.39 is 16.0 Å². The van der Waals surface area contributed by atoms with Gasteiger partial charge in [0.25, 0.3) is 15.9 Å². The number of anilines is 2. The van der Waals surface area contributed by atoms with Gasteiger partial charge in [-0.3, -0.25) is 9.10 Å². The first-order chi connectivity index (χ1) is 19.1. The molecule has 1 amide bonds. The van der Waals surface area contributed by atoms with E-state index in [1.807, 2.05) is 41.5 Å². The van der Waals surface area contributed by atoms with Crippen molar-refractivity contribution in [2.24, 2.45) is 0 Å². The molecule has 2 aromatic carbocycles. The topological polar surface area (TPSA) is 87.2 Å². The molecular formula is C28H28BrN3O5S3. The van der Waals surface area contributed by atoms with Crippen LogP contribution in [0.15, 0.2) is 63.3 Å². The third-order valence-corrected chi connectivity index (χ3v) is 11.8. The Kier molecular flexibility index (Phi) is 8.23. The molecule has 5 rings (SSSR count). The fraction of sp³-hybridized carbons (Fsp3) is 0.286. The van der Waals surface area contributed by atoms with E-state index in [4.69, 9.17) is 4.74 Å². The number of aryl methyl sites for hydroxylation is 1. The standard InChI is InChI=1S/C28H28BrN3O5S3/c1-4-37-28(34)25-18(2)20-17-19(9-10-24(20)39-25)40(35,36)30(3)22-7-5-6-8-23(22)31-12-14-32(15-13-31)27(33)26-21(29)11-16-38-26/h5-11,16-17H,4,12-15H2,1-3H3. The molecular weight excluding hydrogens is 634 g/mol. The summed E-state index contributed by atoms with van der Waals surface area (Å²) in [7, 11) is -2.36. The second-order valence-corrected chi connectivity index (χ2v) is 14.1. The number of sulfonamides is 1. The van der Waals surface area contributed by atoms with Crippen molar-refractivity contribution in [2.75, 3.05) is 49.0 Å². The number of para-hydroxylation sites is 2. The van der Waals surface area contributed by atoms with Crippen LogP contribution in [0.5, 0.6) is 0 Å². The number of rotatable bonds is 7. The minimum atomic E-state index is -3.91. The number of nitrogens with zero attached hydrogens (tertiary/aromatic N) is 3. The van der Waals surface area contributed by atoms with Crippen molar-refractivity contribution < 1.29 is 22.7 Å². The lowest BCUT2D eigenvalue weighted by Crippen LogP contribution is -2.49. The Morgan fingerprint density at radius 1 is 1.05 bits per heavy atom. The fourth-order valence-electron chi connectivity index (χ4n) is 4.78. The van der Waals surface area contributed by atoms with Crippen molar-refractivity contribution in [3.05, 3.63) is 73.7 Å². The van der Waals surface area contributed by atoms with Gasteiger partial charge in [0.05, 0.1) is 22.9 Å². The Bertz CT molecular complexity index is 1690. The van der Waals surface area contributed by atoms with E-state index in [1.54, 1.807) is 38.2 Å². The number of hydrogen-bond donors (Lipinski definition) is 0. The first-order valence-electron chi connectivity index (χ1n) is 12.7. The van der Waals surface area contributed by atoms with Gasteiger partial charge in [0.2, 0.25) is 0 Å². The molecule has 2 aromatic heterocycles. The van der Waals surface area contributed by atoms with Crippen LogP contribution in [0, 0.1) is 6.92 Å². The zero-order chi connectivity index (χ0) is 28.6.